The smallest absolute Gasteiger partial charge is 0.490 e. The number of rotatable bonds is 7. The molecule has 2 N–H and O–H groups in total. The van der Waals surface area contributed by atoms with Crippen molar-refractivity contribution >= 4 is 27.6 Å². The second-order valence-electron chi connectivity index (χ2n) is 7.41. The van der Waals surface area contributed by atoms with Crippen LogP contribution in [0.15, 0.2) is 29.2 Å². The number of ketones is 1. The van der Waals surface area contributed by atoms with Crippen molar-refractivity contribution in [1.82, 2.24) is 19.4 Å². The molecule has 0 unspecified atom stereocenters. The molecule has 0 atom stereocenters. The molecule has 0 aliphatic heterocycles. The first-order valence-corrected chi connectivity index (χ1v) is 11.9. The molecule has 0 aliphatic carbocycles. The van der Waals surface area contributed by atoms with E-state index in [1.165, 1.54) is 0 Å². The molecular weight excluding hydrogens is 562 g/mol. The summed E-state index contributed by atoms with van der Waals surface area (Å²) in [4.78, 5) is 19.3. The molecule has 19 heteroatoms. The van der Waals surface area contributed by atoms with Gasteiger partial charge in [-0.2, -0.15) is 17.7 Å². The molecule has 212 valence electrons. The molecule has 1 aromatic carbocycles. The van der Waals surface area contributed by atoms with Gasteiger partial charge in [-0.3, -0.25) is 10.2 Å². The van der Waals surface area contributed by atoms with E-state index in [0.29, 0.717) is 12.2 Å². The Morgan fingerprint density at radius 3 is 2.13 bits per heavy atom. The van der Waals surface area contributed by atoms with Crippen LogP contribution in [0, 0.1) is 12.3 Å². The van der Waals surface area contributed by atoms with E-state index >= 15 is 0 Å². The lowest BCUT2D eigenvalue weighted by atomic mass is 10.1. The number of alkyl halides is 3. The molecule has 0 saturated heterocycles. The van der Waals surface area contributed by atoms with Crippen molar-refractivity contribution in [2.45, 2.75) is 31.5 Å². The van der Waals surface area contributed by atoms with Gasteiger partial charge in [0.15, 0.2) is 11.4 Å². The summed E-state index contributed by atoms with van der Waals surface area (Å²) in [5, 5.41) is 23.4. The summed E-state index contributed by atoms with van der Waals surface area (Å²) in [6, 6.07) is 2.68. The summed E-state index contributed by atoms with van der Waals surface area (Å²) in [6.07, 6.45) is -5.08. The molecule has 0 saturated carbocycles. The van der Waals surface area contributed by atoms with Crippen LogP contribution >= 0.6 is 10.2 Å². The molecule has 10 nitrogen and oxygen atoms in total. The number of nitrogens with one attached hydrogen (secondary N) is 1. The van der Waals surface area contributed by atoms with Gasteiger partial charge in [-0.25, -0.2) is 9.48 Å². The van der Waals surface area contributed by atoms with Crippen molar-refractivity contribution in [3.63, 3.8) is 0 Å². The van der Waals surface area contributed by atoms with Gasteiger partial charge >= 0.3 is 22.4 Å². The molecule has 2 aromatic heterocycles. The lowest BCUT2D eigenvalue weighted by molar-refractivity contribution is -0.192. The number of hydrogen-bond acceptors (Lipinski definition) is 7. The molecule has 38 heavy (non-hydrogen) atoms. The number of nitrogens with zero attached hydrogens (tertiary/aromatic N) is 4. The molecule has 2 heterocycles. The van der Waals surface area contributed by atoms with Crippen LogP contribution in [0.3, 0.4) is 0 Å². The molecule has 0 fully saturated rings. The Hall–Kier alpha value is -3.90. The molecule has 0 aliphatic rings. The van der Waals surface area contributed by atoms with Crippen LogP contribution in [-0.4, -0.2) is 56.1 Å². The van der Waals surface area contributed by atoms with Gasteiger partial charge in [-0.05, 0) is 26.0 Å². The number of Topliss-reactive ketones (excluding diaryl/α,β-unsaturated/α-hetero) is 1. The van der Waals surface area contributed by atoms with E-state index in [-0.39, 0.29) is 29.3 Å². The number of methoxy groups -OCH3 is 1. The average molecular weight is 581 g/mol. The Bertz CT molecular complexity index is 1450. The minimum absolute atomic E-state index is 0.0725. The number of aromatic nitrogens is 4. The van der Waals surface area contributed by atoms with E-state index in [0.717, 1.165) is 22.4 Å². The van der Waals surface area contributed by atoms with Gasteiger partial charge in [0.1, 0.15) is 17.2 Å². The highest BCUT2D eigenvalue weighted by atomic mass is 32.5. The number of carbonyl (C=O) groups excluding carboxylic acids is 1. The quantitative estimate of drug-likeness (QED) is 0.300. The van der Waals surface area contributed by atoms with E-state index in [1.54, 1.807) is 19.9 Å². The van der Waals surface area contributed by atoms with Crippen LogP contribution in [-0.2, 0) is 11.3 Å². The second kappa shape index (κ2) is 9.44. The maximum atomic E-state index is 13.2. The number of ether oxygens (including phenoxy) is 2. The monoisotopic (exact) mass is 581 g/mol. The third-order valence-electron chi connectivity index (χ3n) is 4.46. The van der Waals surface area contributed by atoms with Crippen molar-refractivity contribution in [3.05, 3.63) is 41.0 Å². The zero-order valence-corrected chi connectivity index (χ0v) is 20.3. The summed E-state index contributed by atoms with van der Waals surface area (Å²) in [6.45, 7) is 3.05. The Kier molecular flexibility index (Phi) is 7.54. The fraction of sp³-hybridized carbons (Fsp3) is 0.316. The van der Waals surface area contributed by atoms with E-state index < -0.39 is 50.9 Å². The van der Waals surface area contributed by atoms with Crippen molar-refractivity contribution in [3.8, 4) is 11.6 Å². The van der Waals surface area contributed by atoms with Crippen LogP contribution in [0.4, 0.5) is 32.6 Å². The fourth-order valence-electron chi connectivity index (χ4n) is 2.76. The highest BCUT2D eigenvalue weighted by Crippen LogP contribution is 3.02. The third kappa shape index (κ3) is 7.33. The fourth-order valence-corrected chi connectivity index (χ4v) is 3.45. The largest absolute Gasteiger partial charge is 0.497 e. The van der Waals surface area contributed by atoms with Crippen LogP contribution < -0.4 is 15.1 Å². The molecule has 0 spiro atoms. The molecule has 0 bridgehead atoms. The standard InChI is InChI=1S/C17H18F5N5O3S.C2HF3O2/c1-4-30-15-5-10(2)16-25-26(17(23)27(16)24-15)9-14(28)11-6-12(29-3)8-13(7-11)31(18,19,20,21)22;3-2(4,5)1(6)7/h5-8,23H,4,9H2,1-3H3;(H,6,7). The molecule has 3 rings (SSSR count). The van der Waals surface area contributed by atoms with Crippen molar-refractivity contribution in [1.29, 1.82) is 5.41 Å². The Morgan fingerprint density at radius 1 is 1.08 bits per heavy atom. The van der Waals surface area contributed by atoms with Crippen LogP contribution in [0.1, 0.15) is 22.8 Å². The number of benzene rings is 1. The van der Waals surface area contributed by atoms with E-state index in [2.05, 4.69) is 14.9 Å². The summed E-state index contributed by atoms with van der Waals surface area (Å²) in [7, 11) is -9.06. The topological polar surface area (TPSA) is 132 Å². The molecular formula is C19H19F8N5O5S. The Balaban J connectivity index is 0.000000638. The lowest BCUT2D eigenvalue weighted by Crippen LogP contribution is -2.26. The van der Waals surface area contributed by atoms with Gasteiger partial charge in [0.05, 0.1) is 13.7 Å². The number of carbonyl (C=O) groups is 2. The van der Waals surface area contributed by atoms with E-state index in [4.69, 9.17) is 20.0 Å². The molecule has 0 amide bonds. The zero-order chi connectivity index (χ0) is 29.3. The first-order valence-electron chi connectivity index (χ1n) is 9.98. The summed E-state index contributed by atoms with van der Waals surface area (Å²) >= 11 is 0. The third-order valence-corrected chi connectivity index (χ3v) is 5.59. The molecule has 3 aromatic rings. The van der Waals surface area contributed by atoms with Gasteiger partial charge in [0, 0.05) is 23.3 Å². The minimum atomic E-state index is -10.0. The van der Waals surface area contributed by atoms with Crippen molar-refractivity contribution in [2.75, 3.05) is 13.7 Å². The summed E-state index contributed by atoms with van der Waals surface area (Å²) < 4.78 is 110. The number of carboxylic acids is 1. The average Bonchev–Trinajstić information content (AvgIpc) is 3.08. The Morgan fingerprint density at radius 2 is 1.66 bits per heavy atom. The zero-order valence-electron chi connectivity index (χ0n) is 19.5. The predicted octanol–water partition coefficient (Wildman–Crippen LogP) is 4.90. The van der Waals surface area contributed by atoms with Crippen molar-refractivity contribution in [2.24, 2.45) is 0 Å². The van der Waals surface area contributed by atoms with Crippen molar-refractivity contribution < 1.29 is 56.8 Å². The number of aryl methyl sites for hydroxylation is 1. The Labute approximate surface area is 207 Å². The maximum absolute atomic E-state index is 13.2. The maximum Gasteiger partial charge on any atom is 0.490 e. The van der Waals surface area contributed by atoms with Gasteiger partial charge in [0.2, 0.25) is 11.5 Å². The van der Waals surface area contributed by atoms with Crippen LogP contribution in [0.5, 0.6) is 11.6 Å². The number of carboxylic acid groups (broad SMARTS) is 1. The second-order valence-corrected chi connectivity index (χ2v) is 9.82. The lowest BCUT2D eigenvalue weighted by Gasteiger charge is -2.40. The number of halogens is 8. The SMILES string of the molecule is CCOc1cc(C)c2nn(CC(=O)c3cc(OC)cc(S(F)(F)(F)(F)F)c3)c(=N)n2n1.O=C(O)C(F)(F)F. The van der Waals surface area contributed by atoms with Gasteiger partial charge < -0.3 is 14.6 Å². The van der Waals surface area contributed by atoms with Gasteiger partial charge in [-0.15, -0.1) is 10.2 Å². The number of fused-ring (bicyclic) bond motifs is 1. The normalized spacial score (nSPS) is 13.7. The van der Waals surface area contributed by atoms with E-state index in [9.17, 15) is 37.4 Å². The van der Waals surface area contributed by atoms with Crippen LogP contribution in [0.2, 0.25) is 0 Å². The van der Waals surface area contributed by atoms with E-state index in [1.807, 2.05) is 0 Å². The highest BCUT2D eigenvalue weighted by Gasteiger charge is 2.65. The number of aliphatic carboxylic acids is 1. The van der Waals surface area contributed by atoms with Gasteiger partial charge in [0.25, 0.3) is 0 Å². The minimum Gasteiger partial charge on any atom is -0.497 e. The first-order chi connectivity index (χ1) is 17.1. The summed E-state index contributed by atoms with van der Waals surface area (Å²) in [5.74, 6) is -4.08. The van der Waals surface area contributed by atoms with Crippen LogP contribution in [0.25, 0.3) is 5.65 Å². The van der Waals surface area contributed by atoms with Gasteiger partial charge in [-0.1, -0.05) is 19.4 Å². The first kappa shape index (κ1) is 30.3. The predicted molar refractivity (Wildman–Crippen MR) is 115 cm³/mol. The molecule has 0 radical (unpaired) electrons. The number of hydrogen-bond donors (Lipinski definition) is 2. The highest BCUT2D eigenvalue weighted by molar-refractivity contribution is 8.45. The summed E-state index contributed by atoms with van der Waals surface area (Å²) in [5.41, 5.74) is -0.225.